The van der Waals surface area contributed by atoms with Gasteiger partial charge in [-0.1, -0.05) is 54.6 Å². The van der Waals surface area contributed by atoms with E-state index >= 15 is 0 Å². The van der Waals surface area contributed by atoms with Crippen molar-refractivity contribution in [1.29, 1.82) is 0 Å². The van der Waals surface area contributed by atoms with Crippen LogP contribution >= 0.6 is 0 Å². The molecule has 2 heterocycles. The number of carbonyl (C=O) groups excluding carboxylic acids is 1. The largest absolute Gasteiger partial charge is 0.350 e. The van der Waals surface area contributed by atoms with Crippen molar-refractivity contribution in [3.05, 3.63) is 102 Å². The quantitative estimate of drug-likeness (QED) is 0.475. The molecule has 0 spiro atoms. The number of rotatable bonds is 7. The third-order valence-corrected chi connectivity index (χ3v) is 5.25. The van der Waals surface area contributed by atoms with E-state index in [1.165, 1.54) is 0 Å². The van der Waals surface area contributed by atoms with Crippen molar-refractivity contribution in [2.45, 2.75) is 19.4 Å². The lowest BCUT2D eigenvalue weighted by atomic mass is 10.1. The predicted octanol–water partition coefficient (Wildman–Crippen LogP) is 4.39. The number of fused-ring (bicyclic) bond motifs is 1. The van der Waals surface area contributed by atoms with Crippen molar-refractivity contribution in [2.24, 2.45) is 7.05 Å². The average molecular weight is 383 g/mol. The smallest absolute Gasteiger partial charge is 0.227 e. The fourth-order valence-corrected chi connectivity index (χ4v) is 3.73. The molecule has 0 fully saturated rings. The molecule has 0 saturated carbocycles. The summed E-state index contributed by atoms with van der Waals surface area (Å²) in [5, 5.41) is 1.15. The number of carbonyl (C=O) groups is 1. The van der Waals surface area contributed by atoms with Gasteiger partial charge < -0.3 is 9.47 Å². The lowest BCUT2D eigenvalue weighted by molar-refractivity contribution is -0.131. The van der Waals surface area contributed by atoms with Crippen LogP contribution in [0, 0.1) is 0 Å². The summed E-state index contributed by atoms with van der Waals surface area (Å²) in [4.78, 5) is 19.6. The Balaban J connectivity index is 1.54. The maximum atomic E-state index is 13.3. The van der Waals surface area contributed by atoms with Crippen molar-refractivity contribution in [2.75, 3.05) is 6.54 Å². The Kier molecular flexibility index (Phi) is 5.71. The predicted molar refractivity (Wildman–Crippen MR) is 116 cm³/mol. The Morgan fingerprint density at radius 3 is 2.52 bits per heavy atom. The Bertz CT molecular complexity index is 1090. The third-order valence-electron chi connectivity index (χ3n) is 5.25. The summed E-state index contributed by atoms with van der Waals surface area (Å²) in [6.07, 6.45) is 5.02. The molecule has 0 bridgehead atoms. The minimum atomic E-state index is 0.140. The fraction of sp³-hybridized carbons (Fsp3) is 0.200. The number of hydrogen-bond donors (Lipinski definition) is 0. The monoisotopic (exact) mass is 383 g/mol. The van der Waals surface area contributed by atoms with Crippen LogP contribution in [0.4, 0.5) is 0 Å². The van der Waals surface area contributed by atoms with Gasteiger partial charge in [0.2, 0.25) is 5.91 Å². The number of para-hydroxylation sites is 1. The van der Waals surface area contributed by atoms with Crippen LogP contribution < -0.4 is 0 Å². The number of aryl methyl sites for hydroxylation is 1. The van der Waals surface area contributed by atoms with Gasteiger partial charge in [-0.3, -0.25) is 9.78 Å². The van der Waals surface area contributed by atoms with Crippen molar-refractivity contribution in [3.8, 4) is 0 Å². The van der Waals surface area contributed by atoms with Gasteiger partial charge in [0.1, 0.15) is 0 Å². The second kappa shape index (κ2) is 8.74. The van der Waals surface area contributed by atoms with E-state index in [0.717, 1.165) is 34.1 Å². The highest BCUT2D eigenvalue weighted by atomic mass is 16.2. The molecule has 1 amide bonds. The molecule has 0 aliphatic carbocycles. The molecule has 146 valence electrons. The van der Waals surface area contributed by atoms with Gasteiger partial charge in [-0.25, -0.2) is 0 Å². The highest BCUT2D eigenvalue weighted by molar-refractivity contribution is 5.89. The van der Waals surface area contributed by atoms with E-state index < -0.39 is 0 Å². The summed E-state index contributed by atoms with van der Waals surface area (Å²) < 4.78 is 2.09. The summed E-state index contributed by atoms with van der Waals surface area (Å²) in [6, 6.07) is 24.3. The Labute approximate surface area is 171 Å². The Morgan fingerprint density at radius 1 is 0.966 bits per heavy atom. The Morgan fingerprint density at radius 2 is 1.72 bits per heavy atom. The molecule has 4 heteroatoms. The van der Waals surface area contributed by atoms with Gasteiger partial charge in [0.15, 0.2) is 0 Å². The van der Waals surface area contributed by atoms with Crippen LogP contribution in [0.3, 0.4) is 0 Å². The molecule has 2 aromatic heterocycles. The van der Waals surface area contributed by atoms with Crippen LogP contribution in [-0.4, -0.2) is 26.9 Å². The van der Waals surface area contributed by atoms with Crippen LogP contribution in [0.15, 0.2) is 85.2 Å². The van der Waals surface area contributed by atoms with E-state index in [1.54, 1.807) is 6.20 Å². The average Bonchev–Trinajstić information content (AvgIpc) is 3.08. The summed E-state index contributed by atoms with van der Waals surface area (Å²) in [5.74, 6) is 0.140. The summed E-state index contributed by atoms with van der Waals surface area (Å²) in [5.41, 5.74) is 4.37. The van der Waals surface area contributed by atoms with E-state index in [0.29, 0.717) is 19.5 Å². The van der Waals surface area contributed by atoms with Crippen molar-refractivity contribution in [1.82, 2.24) is 14.5 Å². The van der Waals surface area contributed by atoms with Crippen molar-refractivity contribution >= 4 is 16.8 Å². The zero-order chi connectivity index (χ0) is 20.1. The number of amides is 1. The highest BCUT2D eigenvalue weighted by Crippen LogP contribution is 2.21. The number of benzene rings is 2. The normalized spacial score (nSPS) is 10.9. The molecule has 4 rings (SSSR count). The molecule has 4 aromatic rings. The minimum Gasteiger partial charge on any atom is -0.350 e. The lowest BCUT2D eigenvalue weighted by Gasteiger charge is -2.23. The molecule has 2 aromatic carbocycles. The van der Waals surface area contributed by atoms with Gasteiger partial charge in [-0.2, -0.15) is 0 Å². The van der Waals surface area contributed by atoms with Gasteiger partial charge in [0, 0.05) is 55.5 Å². The lowest BCUT2D eigenvalue weighted by Crippen LogP contribution is -2.33. The first-order valence-corrected chi connectivity index (χ1v) is 9.95. The summed E-state index contributed by atoms with van der Waals surface area (Å²) >= 11 is 0. The first kappa shape index (κ1) is 18.9. The van der Waals surface area contributed by atoms with Gasteiger partial charge in [-0.15, -0.1) is 0 Å². The van der Waals surface area contributed by atoms with Crippen LogP contribution in [-0.2, 0) is 31.2 Å². The third kappa shape index (κ3) is 4.54. The topological polar surface area (TPSA) is 38.1 Å². The molecule has 0 saturated heterocycles. The van der Waals surface area contributed by atoms with E-state index in [-0.39, 0.29) is 5.91 Å². The fourth-order valence-electron chi connectivity index (χ4n) is 3.73. The second-order valence-electron chi connectivity index (χ2n) is 7.33. The zero-order valence-electron chi connectivity index (χ0n) is 16.7. The molecule has 0 unspecified atom stereocenters. The molecular formula is C25H25N3O. The van der Waals surface area contributed by atoms with E-state index in [2.05, 4.69) is 40.0 Å². The SMILES string of the molecule is Cn1cc(CC(=O)N(CCc2ccccn2)Cc2ccccc2)c2ccccc21. The summed E-state index contributed by atoms with van der Waals surface area (Å²) in [7, 11) is 2.03. The molecule has 4 nitrogen and oxygen atoms in total. The van der Waals surface area contributed by atoms with Crippen molar-refractivity contribution in [3.63, 3.8) is 0 Å². The van der Waals surface area contributed by atoms with Gasteiger partial charge >= 0.3 is 0 Å². The summed E-state index contributed by atoms with van der Waals surface area (Å²) in [6.45, 7) is 1.26. The van der Waals surface area contributed by atoms with Gasteiger partial charge in [-0.05, 0) is 29.3 Å². The number of nitrogens with zero attached hydrogens (tertiary/aromatic N) is 3. The van der Waals surface area contributed by atoms with Crippen molar-refractivity contribution < 1.29 is 4.79 Å². The minimum absolute atomic E-state index is 0.140. The van der Waals surface area contributed by atoms with Gasteiger partial charge in [0.25, 0.3) is 0 Å². The first-order valence-electron chi connectivity index (χ1n) is 9.95. The number of aromatic nitrogens is 2. The van der Waals surface area contributed by atoms with Crippen LogP contribution in [0.1, 0.15) is 16.8 Å². The molecule has 0 radical (unpaired) electrons. The molecule has 0 aliphatic rings. The Hall–Kier alpha value is -3.40. The van der Waals surface area contributed by atoms with E-state index in [1.807, 2.05) is 60.5 Å². The maximum absolute atomic E-state index is 13.3. The molecular weight excluding hydrogens is 358 g/mol. The number of pyridine rings is 1. The van der Waals surface area contributed by atoms with Crippen LogP contribution in [0.5, 0.6) is 0 Å². The molecule has 0 N–H and O–H groups in total. The van der Waals surface area contributed by atoms with Crippen LogP contribution in [0.25, 0.3) is 10.9 Å². The molecule has 29 heavy (non-hydrogen) atoms. The maximum Gasteiger partial charge on any atom is 0.227 e. The van der Waals surface area contributed by atoms with Crippen LogP contribution in [0.2, 0.25) is 0 Å². The standard InChI is InChI=1S/C25H25N3O/c1-27-19-21(23-12-5-6-13-24(23)27)17-25(29)28(18-20-9-3-2-4-10-20)16-14-22-11-7-8-15-26-22/h2-13,15,19H,14,16-18H2,1H3. The zero-order valence-corrected chi connectivity index (χ0v) is 16.7. The molecule has 0 atom stereocenters. The second-order valence-corrected chi connectivity index (χ2v) is 7.33. The van der Waals surface area contributed by atoms with E-state index in [9.17, 15) is 4.79 Å². The van der Waals surface area contributed by atoms with Gasteiger partial charge in [0.05, 0.1) is 6.42 Å². The molecule has 0 aliphatic heterocycles. The first-order chi connectivity index (χ1) is 14.2. The number of hydrogen-bond acceptors (Lipinski definition) is 2. The highest BCUT2D eigenvalue weighted by Gasteiger charge is 2.17. The van der Waals surface area contributed by atoms with E-state index in [4.69, 9.17) is 0 Å².